The minimum absolute atomic E-state index is 0. The molecule has 2 rings (SSSR count). The van der Waals surface area contributed by atoms with Crippen LogP contribution in [0, 0.1) is 0 Å². The van der Waals surface area contributed by atoms with E-state index in [1.165, 1.54) is 14.2 Å². The van der Waals surface area contributed by atoms with Crippen molar-refractivity contribution in [3.63, 3.8) is 0 Å². The van der Waals surface area contributed by atoms with Gasteiger partial charge in [0.05, 0.1) is 14.2 Å². The lowest BCUT2D eigenvalue weighted by Gasteiger charge is -2.14. The summed E-state index contributed by atoms with van der Waals surface area (Å²) >= 11 is 6.16. The van der Waals surface area contributed by atoms with Crippen molar-refractivity contribution in [3.05, 3.63) is 64.2 Å². The molecule has 6 nitrogen and oxygen atoms in total. The number of methoxy groups -OCH3 is 2. The monoisotopic (exact) mass is 503 g/mol. The summed E-state index contributed by atoms with van der Waals surface area (Å²) in [5, 5.41) is 7.11. The second-order valence-corrected chi connectivity index (χ2v) is 5.80. The molecule has 2 aromatic rings. The molecule has 146 valence electrons. The van der Waals surface area contributed by atoms with Crippen molar-refractivity contribution in [1.29, 1.82) is 0 Å². The standard InChI is InChI=1S/C19H22ClN3O3.HI/c1-21-19(23-12-14-6-4-5-7-16(14)20)22-11-13-8-9-17(25-2)15(10-13)18(24)26-3;/h4-10H,11-12H2,1-3H3,(H2,21,22,23);1H. The maximum atomic E-state index is 11.9. The van der Waals surface area contributed by atoms with Gasteiger partial charge in [0, 0.05) is 25.2 Å². The zero-order valence-corrected chi connectivity index (χ0v) is 18.5. The number of nitrogens with zero attached hydrogens (tertiary/aromatic N) is 1. The Labute approximate surface area is 181 Å². The average Bonchev–Trinajstić information content (AvgIpc) is 2.68. The largest absolute Gasteiger partial charge is 0.496 e. The summed E-state index contributed by atoms with van der Waals surface area (Å²) in [7, 11) is 4.54. The van der Waals surface area contributed by atoms with E-state index in [9.17, 15) is 4.79 Å². The lowest BCUT2D eigenvalue weighted by molar-refractivity contribution is 0.0597. The van der Waals surface area contributed by atoms with Gasteiger partial charge >= 0.3 is 5.97 Å². The van der Waals surface area contributed by atoms with Gasteiger partial charge in [0.15, 0.2) is 5.96 Å². The highest BCUT2D eigenvalue weighted by atomic mass is 127. The minimum Gasteiger partial charge on any atom is -0.496 e. The third-order valence-electron chi connectivity index (χ3n) is 3.76. The van der Waals surface area contributed by atoms with Crippen LogP contribution < -0.4 is 15.4 Å². The molecule has 0 amide bonds. The predicted molar refractivity (Wildman–Crippen MR) is 118 cm³/mol. The smallest absolute Gasteiger partial charge is 0.341 e. The third-order valence-corrected chi connectivity index (χ3v) is 4.13. The third kappa shape index (κ3) is 6.59. The zero-order chi connectivity index (χ0) is 18.9. The molecule has 0 heterocycles. The average molecular weight is 504 g/mol. The fraction of sp³-hybridized carbons (Fsp3) is 0.263. The van der Waals surface area contributed by atoms with E-state index >= 15 is 0 Å². The first-order chi connectivity index (χ1) is 12.6. The lowest BCUT2D eigenvalue weighted by Crippen LogP contribution is -2.36. The fourth-order valence-electron chi connectivity index (χ4n) is 2.36. The number of aliphatic imine (C=N–C) groups is 1. The molecule has 0 aliphatic rings. The summed E-state index contributed by atoms with van der Waals surface area (Å²) in [5.74, 6) is 0.659. The van der Waals surface area contributed by atoms with Crippen LogP contribution in [0.4, 0.5) is 0 Å². The van der Waals surface area contributed by atoms with Gasteiger partial charge in [0.2, 0.25) is 0 Å². The lowest BCUT2D eigenvalue weighted by atomic mass is 10.1. The van der Waals surface area contributed by atoms with Gasteiger partial charge in [-0.05, 0) is 29.3 Å². The summed E-state index contributed by atoms with van der Waals surface area (Å²) in [5.41, 5.74) is 2.26. The Hall–Kier alpha value is -2.00. The van der Waals surface area contributed by atoms with Crippen LogP contribution in [0.1, 0.15) is 21.5 Å². The van der Waals surface area contributed by atoms with Crippen LogP contribution in [0.25, 0.3) is 0 Å². The van der Waals surface area contributed by atoms with E-state index in [0.717, 1.165) is 11.1 Å². The van der Waals surface area contributed by atoms with Crippen molar-refractivity contribution >= 4 is 47.5 Å². The molecule has 0 aliphatic heterocycles. The molecule has 0 bridgehead atoms. The molecule has 0 aliphatic carbocycles. The van der Waals surface area contributed by atoms with Crippen LogP contribution in [0.3, 0.4) is 0 Å². The Morgan fingerprint density at radius 3 is 2.44 bits per heavy atom. The van der Waals surface area contributed by atoms with Gasteiger partial charge < -0.3 is 20.1 Å². The number of halogens is 2. The number of hydrogen-bond acceptors (Lipinski definition) is 4. The maximum absolute atomic E-state index is 11.9. The first-order valence-electron chi connectivity index (χ1n) is 8.02. The van der Waals surface area contributed by atoms with Crippen LogP contribution in [-0.4, -0.2) is 33.2 Å². The Kier molecular flexibility index (Phi) is 9.95. The molecule has 0 fully saturated rings. The topological polar surface area (TPSA) is 72.0 Å². The van der Waals surface area contributed by atoms with Crippen molar-refractivity contribution in [3.8, 4) is 5.75 Å². The summed E-state index contributed by atoms with van der Waals surface area (Å²) in [6.07, 6.45) is 0. The van der Waals surface area contributed by atoms with Crippen LogP contribution in [-0.2, 0) is 17.8 Å². The quantitative estimate of drug-likeness (QED) is 0.273. The van der Waals surface area contributed by atoms with E-state index in [0.29, 0.717) is 35.4 Å². The van der Waals surface area contributed by atoms with Gasteiger partial charge in [0.1, 0.15) is 11.3 Å². The number of hydrogen-bond donors (Lipinski definition) is 2. The number of benzene rings is 2. The van der Waals surface area contributed by atoms with Gasteiger partial charge in [-0.3, -0.25) is 4.99 Å². The highest BCUT2D eigenvalue weighted by Gasteiger charge is 2.13. The molecular weight excluding hydrogens is 481 g/mol. The van der Waals surface area contributed by atoms with Gasteiger partial charge in [-0.15, -0.1) is 24.0 Å². The van der Waals surface area contributed by atoms with Crippen molar-refractivity contribution in [1.82, 2.24) is 10.6 Å². The number of ether oxygens (including phenoxy) is 2. The van der Waals surface area contributed by atoms with Crippen LogP contribution in [0.2, 0.25) is 5.02 Å². The van der Waals surface area contributed by atoms with Crippen molar-refractivity contribution in [2.75, 3.05) is 21.3 Å². The van der Waals surface area contributed by atoms with Crippen LogP contribution >= 0.6 is 35.6 Å². The minimum atomic E-state index is -0.440. The van der Waals surface area contributed by atoms with Gasteiger partial charge in [0.25, 0.3) is 0 Å². The fourth-order valence-corrected chi connectivity index (χ4v) is 2.56. The molecule has 0 aromatic heterocycles. The van der Waals surface area contributed by atoms with E-state index in [2.05, 4.69) is 15.6 Å². The number of rotatable bonds is 6. The summed E-state index contributed by atoms with van der Waals surface area (Å²) in [6, 6.07) is 13.0. The van der Waals surface area contributed by atoms with E-state index < -0.39 is 5.97 Å². The van der Waals surface area contributed by atoms with Crippen molar-refractivity contribution in [2.45, 2.75) is 13.1 Å². The predicted octanol–water partition coefficient (Wildman–Crippen LogP) is 3.62. The highest BCUT2D eigenvalue weighted by Crippen LogP contribution is 2.20. The van der Waals surface area contributed by atoms with E-state index in [4.69, 9.17) is 21.1 Å². The normalized spacial score (nSPS) is 10.6. The van der Waals surface area contributed by atoms with Gasteiger partial charge in [-0.25, -0.2) is 4.79 Å². The number of nitrogens with one attached hydrogen (secondary N) is 2. The number of guanidine groups is 1. The van der Waals surface area contributed by atoms with Crippen LogP contribution in [0.15, 0.2) is 47.5 Å². The molecule has 8 heteroatoms. The van der Waals surface area contributed by atoms with Crippen molar-refractivity contribution < 1.29 is 14.3 Å². The Bertz CT molecular complexity index is 800. The first-order valence-corrected chi connectivity index (χ1v) is 8.40. The molecule has 0 saturated heterocycles. The SMILES string of the molecule is CN=C(NCc1ccc(OC)c(C(=O)OC)c1)NCc1ccccc1Cl.I. The summed E-state index contributed by atoms with van der Waals surface area (Å²) in [4.78, 5) is 16.1. The van der Waals surface area contributed by atoms with E-state index in [1.807, 2.05) is 30.3 Å². The van der Waals surface area contributed by atoms with Gasteiger partial charge in [-0.2, -0.15) is 0 Å². The Morgan fingerprint density at radius 2 is 1.81 bits per heavy atom. The number of carbonyl (C=O) groups is 1. The number of carbonyl (C=O) groups excluding carboxylic acids is 1. The second-order valence-electron chi connectivity index (χ2n) is 5.40. The van der Waals surface area contributed by atoms with Crippen molar-refractivity contribution in [2.24, 2.45) is 4.99 Å². The summed E-state index contributed by atoms with van der Waals surface area (Å²) in [6.45, 7) is 1.03. The van der Waals surface area contributed by atoms with Crippen LogP contribution in [0.5, 0.6) is 5.75 Å². The first kappa shape index (κ1) is 23.0. The molecule has 27 heavy (non-hydrogen) atoms. The molecule has 0 spiro atoms. The van der Waals surface area contributed by atoms with Gasteiger partial charge in [-0.1, -0.05) is 35.9 Å². The highest BCUT2D eigenvalue weighted by molar-refractivity contribution is 14.0. The molecule has 0 unspecified atom stereocenters. The molecule has 2 aromatic carbocycles. The van der Waals surface area contributed by atoms with E-state index in [-0.39, 0.29) is 24.0 Å². The molecule has 0 atom stereocenters. The Morgan fingerprint density at radius 1 is 1.11 bits per heavy atom. The molecule has 2 N–H and O–H groups in total. The zero-order valence-electron chi connectivity index (χ0n) is 15.4. The number of esters is 1. The second kappa shape index (κ2) is 11.7. The molecule has 0 saturated carbocycles. The molecule has 0 radical (unpaired) electrons. The summed E-state index contributed by atoms with van der Waals surface area (Å²) < 4.78 is 9.99. The van der Waals surface area contributed by atoms with E-state index in [1.54, 1.807) is 19.2 Å². The Balaban J connectivity index is 0.00000364. The molecular formula is C19H23ClIN3O3. The maximum Gasteiger partial charge on any atom is 0.341 e.